The molecule has 18 heavy (non-hydrogen) atoms. The molecule has 0 unspecified atom stereocenters. The van der Waals surface area contributed by atoms with Crippen molar-refractivity contribution in [2.75, 3.05) is 13.1 Å². The molecule has 0 fully saturated rings. The molecular weight excluding hydrogens is 322 g/mol. The van der Waals surface area contributed by atoms with E-state index in [2.05, 4.69) is 22.5 Å². The zero-order valence-corrected chi connectivity index (χ0v) is 11.8. The highest BCUT2D eigenvalue weighted by molar-refractivity contribution is 9.10. The number of aliphatic carboxylic acids is 1. The van der Waals surface area contributed by atoms with E-state index in [-0.39, 0.29) is 11.4 Å². The molecule has 0 bridgehead atoms. The summed E-state index contributed by atoms with van der Waals surface area (Å²) in [6.07, 6.45) is 1.35. The molecular formula is C11H12BrNO4S. The van der Waals surface area contributed by atoms with E-state index in [1.54, 1.807) is 12.1 Å². The summed E-state index contributed by atoms with van der Waals surface area (Å²) in [5.41, 5.74) is 0. The number of nitrogens with zero attached hydrogens (tertiary/aromatic N) is 1. The third-order valence-electron chi connectivity index (χ3n) is 2.10. The monoisotopic (exact) mass is 333 g/mol. The first kappa shape index (κ1) is 14.9. The fraction of sp³-hybridized carbons (Fsp3) is 0.182. The number of sulfonamides is 1. The summed E-state index contributed by atoms with van der Waals surface area (Å²) in [7, 11) is -3.81. The van der Waals surface area contributed by atoms with Gasteiger partial charge in [-0.3, -0.25) is 4.79 Å². The Balaban J connectivity index is 3.11. The van der Waals surface area contributed by atoms with E-state index in [9.17, 15) is 13.2 Å². The average Bonchev–Trinajstić information content (AvgIpc) is 2.28. The van der Waals surface area contributed by atoms with Gasteiger partial charge in [0.05, 0.1) is 4.90 Å². The molecule has 0 heterocycles. The lowest BCUT2D eigenvalue weighted by Crippen LogP contribution is -2.35. The van der Waals surface area contributed by atoms with E-state index < -0.39 is 22.5 Å². The van der Waals surface area contributed by atoms with Crippen LogP contribution in [0.4, 0.5) is 0 Å². The quantitative estimate of drug-likeness (QED) is 0.804. The maximum Gasteiger partial charge on any atom is 0.318 e. The van der Waals surface area contributed by atoms with Gasteiger partial charge in [-0.2, -0.15) is 4.31 Å². The second-order valence-corrected chi connectivity index (χ2v) is 6.29. The molecule has 0 spiro atoms. The summed E-state index contributed by atoms with van der Waals surface area (Å²) in [5.74, 6) is -1.21. The topological polar surface area (TPSA) is 74.7 Å². The van der Waals surface area contributed by atoms with Crippen LogP contribution in [0.1, 0.15) is 0 Å². The Kier molecular flexibility index (Phi) is 5.06. The molecule has 0 aliphatic heterocycles. The van der Waals surface area contributed by atoms with Gasteiger partial charge in [0, 0.05) is 11.0 Å². The molecule has 0 atom stereocenters. The number of carboxylic acids is 1. The van der Waals surface area contributed by atoms with Crippen molar-refractivity contribution in [2.24, 2.45) is 0 Å². The standard InChI is InChI=1S/C11H12BrNO4S/c1-2-7-13(8-11(14)15)18(16,17)10-5-3-9(12)4-6-10/h2-6H,1,7-8H2,(H,14,15). The third kappa shape index (κ3) is 3.66. The number of carbonyl (C=O) groups is 1. The predicted octanol–water partition coefficient (Wildman–Crippen LogP) is 1.71. The van der Waals surface area contributed by atoms with Crippen molar-refractivity contribution >= 4 is 31.9 Å². The maximum absolute atomic E-state index is 12.2. The van der Waals surface area contributed by atoms with Crippen molar-refractivity contribution in [3.63, 3.8) is 0 Å². The number of halogens is 1. The lowest BCUT2D eigenvalue weighted by atomic mass is 10.4. The summed E-state index contributed by atoms with van der Waals surface area (Å²) in [4.78, 5) is 10.7. The Morgan fingerprint density at radius 2 is 1.94 bits per heavy atom. The van der Waals surface area contributed by atoms with Crippen molar-refractivity contribution in [2.45, 2.75) is 4.90 Å². The Morgan fingerprint density at radius 1 is 1.39 bits per heavy atom. The number of hydrogen-bond acceptors (Lipinski definition) is 3. The summed E-state index contributed by atoms with van der Waals surface area (Å²) in [6, 6.07) is 5.99. The molecule has 0 aliphatic rings. The highest BCUT2D eigenvalue weighted by Gasteiger charge is 2.25. The lowest BCUT2D eigenvalue weighted by Gasteiger charge is -2.18. The molecule has 7 heteroatoms. The largest absolute Gasteiger partial charge is 0.480 e. The Morgan fingerprint density at radius 3 is 2.39 bits per heavy atom. The zero-order valence-electron chi connectivity index (χ0n) is 9.41. The molecule has 1 rings (SSSR count). The minimum absolute atomic E-state index is 0.0498. The lowest BCUT2D eigenvalue weighted by molar-refractivity contribution is -0.137. The molecule has 0 aliphatic carbocycles. The van der Waals surface area contributed by atoms with Crippen molar-refractivity contribution in [3.05, 3.63) is 41.4 Å². The first-order valence-electron chi connectivity index (χ1n) is 4.96. The second-order valence-electron chi connectivity index (χ2n) is 3.43. The van der Waals surface area contributed by atoms with Crippen LogP contribution < -0.4 is 0 Å². The number of rotatable bonds is 6. The van der Waals surface area contributed by atoms with Crippen LogP contribution in [0.3, 0.4) is 0 Å². The normalized spacial score (nSPS) is 11.4. The van der Waals surface area contributed by atoms with Gasteiger partial charge in [-0.05, 0) is 24.3 Å². The van der Waals surface area contributed by atoms with Crippen molar-refractivity contribution in [3.8, 4) is 0 Å². The number of benzene rings is 1. The molecule has 98 valence electrons. The third-order valence-corrected chi connectivity index (χ3v) is 4.45. The minimum Gasteiger partial charge on any atom is -0.480 e. The van der Waals surface area contributed by atoms with Gasteiger partial charge in [0.25, 0.3) is 0 Å². The van der Waals surface area contributed by atoms with Gasteiger partial charge in [-0.25, -0.2) is 8.42 Å². The Hall–Kier alpha value is -1.18. The van der Waals surface area contributed by atoms with Gasteiger partial charge in [0.2, 0.25) is 10.0 Å². The van der Waals surface area contributed by atoms with Crippen LogP contribution in [-0.4, -0.2) is 36.9 Å². The first-order chi connectivity index (χ1) is 8.37. The van der Waals surface area contributed by atoms with E-state index in [0.29, 0.717) is 0 Å². The molecule has 0 aromatic heterocycles. The average molecular weight is 334 g/mol. The van der Waals surface area contributed by atoms with E-state index in [4.69, 9.17) is 5.11 Å². The van der Waals surface area contributed by atoms with Crippen LogP contribution in [-0.2, 0) is 14.8 Å². The van der Waals surface area contributed by atoms with Gasteiger partial charge in [0.15, 0.2) is 0 Å². The predicted molar refractivity (Wildman–Crippen MR) is 70.7 cm³/mol. The van der Waals surface area contributed by atoms with Crippen LogP contribution in [0.2, 0.25) is 0 Å². The summed E-state index contributed by atoms with van der Waals surface area (Å²) >= 11 is 3.20. The molecule has 0 saturated carbocycles. The number of carboxylic acid groups (broad SMARTS) is 1. The summed E-state index contributed by atoms with van der Waals surface area (Å²) in [5, 5.41) is 8.72. The van der Waals surface area contributed by atoms with E-state index in [1.807, 2.05) is 0 Å². The van der Waals surface area contributed by atoms with Gasteiger partial charge in [-0.1, -0.05) is 22.0 Å². The fourth-order valence-corrected chi connectivity index (χ4v) is 2.92. The Labute approximate surface area is 114 Å². The van der Waals surface area contributed by atoms with Crippen LogP contribution in [0.15, 0.2) is 46.3 Å². The molecule has 1 aromatic carbocycles. The molecule has 1 aromatic rings. The molecule has 0 radical (unpaired) electrons. The maximum atomic E-state index is 12.2. The van der Waals surface area contributed by atoms with E-state index in [1.165, 1.54) is 18.2 Å². The first-order valence-corrected chi connectivity index (χ1v) is 7.19. The van der Waals surface area contributed by atoms with E-state index in [0.717, 1.165) is 8.78 Å². The van der Waals surface area contributed by atoms with Crippen molar-refractivity contribution < 1.29 is 18.3 Å². The number of hydrogen-bond donors (Lipinski definition) is 1. The van der Waals surface area contributed by atoms with Crippen molar-refractivity contribution in [1.29, 1.82) is 0 Å². The smallest absolute Gasteiger partial charge is 0.318 e. The highest BCUT2D eigenvalue weighted by Crippen LogP contribution is 2.18. The molecule has 5 nitrogen and oxygen atoms in total. The van der Waals surface area contributed by atoms with Gasteiger partial charge in [-0.15, -0.1) is 6.58 Å². The molecule has 1 N–H and O–H groups in total. The minimum atomic E-state index is -3.81. The van der Waals surface area contributed by atoms with Gasteiger partial charge >= 0.3 is 5.97 Å². The van der Waals surface area contributed by atoms with Crippen LogP contribution in [0.5, 0.6) is 0 Å². The summed E-state index contributed by atoms with van der Waals surface area (Å²) < 4.78 is 25.9. The van der Waals surface area contributed by atoms with Gasteiger partial charge in [0.1, 0.15) is 6.54 Å². The SMILES string of the molecule is C=CCN(CC(=O)O)S(=O)(=O)c1ccc(Br)cc1. The molecule has 0 saturated heterocycles. The fourth-order valence-electron chi connectivity index (χ4n) is 1.30. The van der Waals surface area contributed by atoms with Gasteiger partial charge < -0.3 is 5.11 Å². The summed E-state index contributed by atoms with van der Waals surface area (Å²) in [6.45, 7) is 2.78. The van der Waals surface area contributed by atoms with Crippen LogP contribution >= 0.6 is 15.9 Å². The van der Waals surface area contributed by atoms with Crippen LogP contribution in [0.25, 0.3) is 0 Å². The molecule has 0 amide bonds. The zero-order chi connectivity index (χ0) is 13.8. The Bertz CT molecular complexity index is 539. The van der Waals surface area contributed by atoms with Crippen LogP contribution in [0, 0.1) is 0 Å². The van der Waals surface area contributed by atoms with E-state index >= 15 is 0 Å². The second kappa shape index (κ2) is 6.12. The van der Waals surface area contributed by atoms with Crippen molar-refractivity contribution in [1.82, 2.24) is 4.31 Å². The highest BCUT2D eigenvalue weighted by atomic mass is 79.9.